The molecule has 1 amide bonds. The summed E-state index contributed by atoms with van der Waals surface area (Å²) in [7, 11) is 0. The molecular formula is C31H39F2N3O3. The maximum Gasteiger partial charge on any atom is 0.251 e. The lowest BCUT2D eigenvalue weighted by molar-refractivity contribution is 0.0829. The number of nitrogens with one attached hydrogen (secondary N) is 3. The Labute approximate surface area is 229 Å². The van der Waals surface area contributed by atoms with Gasteiger partial charge in [-0.15, -0.1) is 0 Å². The highest BCUT2D eigenvalue weighted by Crippen LogP contribution is 2.15. The van der Waals surface area contributed by atoms with Gasteiger partial charge in [-0.2, -0.15) is 0 Å². The van der Waals surface area contributed by atoms with Gasteiger partial charge in [0.1, 0.15) is 11.6 Å². The maximum atomic E-state index is 13.9. The van der Waals surface area contributed by atoms with Gasteiger partial charge in [0.05, 0.1) is 12.1 Å². The van der Waals surface area contributed by atoms with Crippen LogP contribution < -0.4 is 16.0 Å². The molecule has 0 radical (unpaired) electrons. The van der Waals surface area contributed by atoms with Crippen LogP contribution in [0.2, 0.25) is 0 Å². The zero-order valence-electron chi connectivity index (χ0n) is 22.6. The number of aliphatic hydroxyl groups excluding tert-OH is 2. The second kappa shape index (κ2) is 15.4. The molecule has 3 aromatic carbocycles. The van der Waals surface area contributed by atoms with E-state index in [0.29, 0.717) is 37.2 Å². The van der Waals surface area contributed by atoms with Crippen LogP contribution in [0.15, 0.2) is 60.7 Å². The Bertz CT molecular complexity index is 1200. The van der Waals surface area contributed by atoms with Crippen LogP contribution in [0.3, 0.4) is 0 Å². The molecule has 0 aliphatic heterocycles. The fraction of sp³-hybridized carbons (Fsp3) is 0.387. The minimum absolute atomic E-state index is 0.0516. The van der Waals surface area contributed by atoms with E-state index in [1.54, 1.807) is 12.1 Å². The third-order valence-electron chi connectivity index (χ3n) is 6.48. The van der Waals surface area contributed by atoms with Gasteiger partial charge < -0.3 is 26.2 Å². The smallest absolute Gasteiger partial charge is 0.251 e. The Morgan fingerprint density at radius 2 is 1.62 bits per heavy atom. The van der Waals surface area contributed by atoms with Crippen molar-refractivity contribution in [2.75, 3.05) is 19.7 Å². The Hall–Kier alpha value is -3.17. The first-order chi connectivity index (χ1) is 18.8. The summed E-state index contributed by atoms with van der Waals surface area (Å²) in [5, 5.41) is 29.4. The molecule has 0 aliphatic rings. The first-order valence-corrected chi connectivity index (χ1v) is 13.4. The standard InChI is InChI=1S/C31H39F2N3O3/c1-3-22-6-4-7-23(12-22)18-35-20-30(38)29(16-24-14-27(32)17-28(33)15-24)36-31(39)26-11-21(2)10-25(13-26)19-34-8-5-9-37/h4,6-7,10-15,17,29-30,34-35,37-38H,3,5,8-9,16,18-20H2,1-2H3,(H,36,39)/t29-,30+/m0/s1. The summed E-state index contributed by atoms with van der Waals surface area (Å²) in [6.07, 6.45) is 0.598. The summed E-state index contributed by atoms with van der Waals surface area (Å²) < 4.78 is 27.8. The van der Waals surface area contributed by atoms with E-state index in [2.05, 4.69) is 35.0 Å². The number of amides is 1. The third kappa shape index (κ3) is 10.1. The fourth-order valence-electron chi connectivity index (χ4n) is 4.52. The van der Waals surface area contributed by atoms with Crippen LogP contribution >= 0.6 is 0 Å². The normalized spacial score (nSPS) is 12.8. The predicted octanol–water partition coefficient (Wildman–Crippen LogP) is 3.80. The number of rotatable bonds is 15. The van der Waals surface area contributed by atoms with E-state index in [1.165, 1.54) is 17.7 Å². The summed E-state index contributed by atoms with van der Waals surface area (Å²) >= 11 is 0. The van der Waals surface area contributed by atoms with Crippen LogP contribution in [0.5, 0.6) is 0 Å². The number of hydrogen-bond donors (Lipinski definition) is 5. The quantitative estimate of drug-likeness (QED) is 0.190. The molecular weight excluding hydrogens is 500 g/mol. The van der Waals surface area contributed by atoms with Crippen molar-refractivity contribution in [2.24, 2.45) is 0 Å². The monoisotopic (exact) mass is 539 g/mol. The lowest BCUT2D eigenvalue weighted by atomic mass is 9.99. The van der Waals surface area contributed by atoms with Gasteiger partial charge in [-0.3, -0.25) is 4.79 Å². The van der Waals surface area contributed by atoms with Crippen LogP contribution in [0, 0.1) is 18.6 Å². The van der Waals surface area contributed by atoms with E-state index in [-0.39, 0.29) is 25.5 Å². The molecule has 39 heavy (non-hydrogen) atoms. The first kappa shape index (κ1) is 30.4. The summed E-state index contributed by atoms with van der Waals surface area (Å²) in [5.74, 6) is -1.81. The minimum atomic E-state index is -1.01. The van der Waals surface area contributed by atoms with Crippen LogP contribution in [-0.4, -0.2) is 48.0 Å². The average molecular weight is 540 g/mol. The van der Waals surface area contributed by atoms with Crippen molar-refractivity contribution in [3.63, 3.8) is 0 Å². The van der Waals surface area contributed by atoms with Crippen LogP contribution in [0.1, 0.15) is 51.5 Å². The number of aryl methyl sites for hydroxylation is 2. The molecule has 0 spiro atoms. The van der Waals surface area contributed by atoms with Crippen molar-refractivity contribution in [1.82, 2.24) is 16.0 Å². The van der Waals surface area contributed by atoms with Gasteiger partial charge in [0.15, 0.2) is 0 Å². The number of aliphatic hydroxyl groups is 2. The molecule has 0 saturated carbocycles. The molecule has 8 heteroatoms. The number of hydrogen-bond acceptors (Lipinski definition) is 5. The van der Waals surface area contributed by atoms with Crippen molar-refractivity contribution in [1.29, 1.82) is 0 Å². The van der Waals surface area contributed by atoms with Crippen LogP contribution in [0.4, 0.5) is 8.78 Å². The van der Waals surface area contributed by atoms with E-state index in [9.17, 15) is 18.7 Å². The molecule has 2 atom stereocenters. The van der Waals surface area contributed by atoms with Crippen LogP contribution in [0.25, 0.3) is 0 Å². The molecule has 3 rings (SSSR count). The van der Waals surface area contributed by atoms with Gasteiger partial charge in [-0.1, -0.05) is 42.8 Å². The van der Waals surface area contributed by atoms with Gasteiger partial charge in [0.25, 0.3) is 5.91 Å². The topological polar surface area (TPSA) is 93.6 Å². The van der Waals surface area contributed by atoms with Gasteiger partial charge in [-0.05, 0) is 79.3 Å². The van der Waals surface area contributed by atoms with Crippen LogP contribution in [-0.2, 0) is 25.9 Å². The van der Waals surface area contributed by atoms with E-state index in [0.717, 1.165) is 29.2 Å². The van der Waals surface area contributed by atoms with Crippen molar-refractivity contribution in [2.45, 2.75) is 58.3 Å². The molecule has 0 fully saturated rings. The second-order valence-corrected chi connectivity index (χ2v) is 9.89. The van der Waals surface area contributed by atoms with Crippen molar-refractivity contribution in [3.8, 4) is 0 Å². The Morgan fingerprint density at radius 1 is 0.897 bits per heavy atom. The molecule has 3 aromatic rings. The minimum Gasteiger partial charge on any atom is -0.396 e. The summed E-state index contributed by atoms with van der Waals surface area (Å²) in [5.41, 5.74) is 4.88. The largest absolute Gasteiger partial charge is 0.396 e. The maximum absolute atomic E-state index is 13.9. The Balaban J connectivity index is 1.72. The Morgan fingerprint density at radius 3 is 2.33 bits per heavy atom. The lowest BCUT2D eigenvalue weighted by Gasteiger charge is -2.25. The fourth-order valence-corrected chi connectivity index (χ4v) is 4.52. The zero-order chi connectivity index (χ0) is 28.2. The molecule has 210 valence electrons. The highest BCUT2D eigenvalue weighted by Gasteiger charge is 2.23. The second-order valence-electron chi connectivity index (χ2n) is 9.89. The third-order valence-corrected chi connectivity index (χ3v) is 6.48. The molecule has 0 saturated heterocycles. The van der Waals surface area contributed by atoms with Gasteiger partial charge in [0.2, 0.25) is 0 Å². The number of carbonyl (C=O) groups excluding carboxylic acids is 1. The van der Waals surface area contributed by atoms with Gasteiger partial charge in [0, 0.05) is 37.9 Å². The molecule has 5 N–H and O–H groups in total. The number of benzene rings is 3. The lowest BCUT2D eigenvalue weighted by Crippen LogP contribution is -2.48. The first-order valence-electron chi connectivity index (χ1n) is 13.4. The highest BCUT2D eigenvalue weighted by atomic mass is 19.1. The van der Waals surface area contributed by atoms with E-state index in [4.69, 9.17) is 5.11 Å². The van der Waals surface area contributed by atoms with Gasteiger partial charge >= 0.3 is 0 Å². The molecule has 0 unspecified atom stereocenters. The highest BCUT2D eigenvalue weighted by molar-refractivity contribution is 5.94. The molecule has 0 aromatic heterocycles. The number of halogens is 2. The van der Waals surface area contributed by atoms with Crippen molar-refractivity contribution < 1.29 is 23.8 Å². The summed E-state index contributed by atoms with van der Waals surface area (Å²) in [4.78, 5) is 13.3. The molecule has 0 bridgehead atoms. The summed E-state index contributed by atoms with van der Waals surface area (Å²) in [6.45, 7) is 5.99. The van der Waals surface area contributed by atoms with Crippen molar-refractivity contribution >= 4 is 5.91 Å². The average Bonchev–Trinajstić information content (AvgIpc) is 2.90. The Kier molecular flexibility index (Phi) is 12.0. The molecule has 0 aliphatic carbocycles. The number of carbonyl (C=O) groups is 1. The zero-order valence-corrected chi connectivity index (χ0v) is 22.6. The van der Waals surface area contributed by atoms with E-state index in [1.807, 2.05) is 25.1 Å². The SMILES string of the molecule is CCc1cccc(CNC[C@@H](O)[C@H](Cc2cc(F)cc(F)c2)NC(=O)c2cc(C)cc(CNCCCO)c2)c1. The van der Waals surface area contributed by atoms with E-state index < -0.39 is 23.8 Å². The van der Waals surface area contributed by atoms with Crippen molar-refractivity contribution in [3.05, 3.63) is 106 Å². The molecule has 0 heterocycles. The predicted molar refractivity (Wildman–Crippen MR) is 149 cm³/mol. The molecule has 6 nitrogen and oxygen atoms in total. The van der Waals surface area contributed by atoms with E-state index >= 15 is 0 Å². The van der Waals surface area contributed by atoms with Gasteiger partial charge in [-0.25, -0.2) is 8.78 Å². The summed E-state index contributed by atoms with van der Waals surface area (Å²) in [6, 6.07) is 16.1.